The maximum atomic E-state index is 9.04. The predicted molar refractivity (Wildman–Crippen MR) is 61.9 cm³/mol. The van der Waals surface area contributed by atoms with Gasteiger partial charge in [0.1, 0.15) is 0 Å². The molecular formula is C12H22N2O. The monoisotopic (exact) mass is 210 g/mol. The molecule has 1 N–H and O–H groups in total. The number of hydrogen-bond donors (Lipinski definition) is 1. The number of aryl methyl sites for hydroxylation is 1. The van der Waals surface area contributed by atoms with Gasteiger partial charge in [-0.15, -0.1) is 0 Å². The molecule has 86 valence electrons. The molecule has 1 heterocycles. The van der Waals surface area contributed by atoms with Crippen LogP contribution < -0.4 is 0 Å². The summed E-state index contributed by atoms with van der Waals surface area (Å²) in [5.41, 5.74) is 3.76. The van der Waals surface area contributed by atoms with Crippen LogP contribution in [0.4, 0.5) is 0 Å². The van der Waals surface area contributed by atoms with Gasteiger partial charge in [0, 0.05) is 19.3 Å². The van der Waals surface area contributed by atoms with Crippen molar-refractivity contribution in [3.63, 3.8) is 0 Å². The summed E-state index contributed by atoms with van der Waals surface area (Å²) in [7, 11) is 1.96. The SMILES string of the molecule is Cc1c(CCO)c(CC(C)(C)C)nn1C. The smallest absolute Gasteiger partial charge is 0.0665 e. The van der Waals surface area contributed by atoms with Crippen molar-refractivity contribution >= 4 is 0 Å². The zero-order valence-electron chi connectivity index (χ0n) is 10.5. The zero-order valence-corrected chi connectivity index (χ0v) is 10.5. The Morgan fingerprint density at radius 1 is 1.33 bits per heavy atom. The van der Waals surface area contributed by atoms with Crippen LogP contribution in [0.5, 0.6) is 0 Å². The summed E-state index contributed by atoms with van der Waals surface area (Å²) >= 11 is 0. The third kappa shape index (κ3) is 3.06. The molecule has 0 unspecified atom stereocenters. The van der Waals surface area contributed by atoms with Crippen molar-refractivity contribution in [3.05, 3.63) is 17.0 Å². The average Bonchev–Trinajstić information content (AvgIpc) is 2.30. The minimum Gasteiger partial charge on any atom is -0.396 e. The van der Waals surface area contributed by atoms with E-state index in [9.17, 15) is 0 Å². The van der Waals surface area contributed by atoms with E-state index in [1.165, 1.54) is 11.3 Å². The molecule has 0 radical (unpaired) electrons. The van der Waals surface area contributed by atoms with E-state index in [1.54, 1.807) is 0 Å². The Kier molecular flexibility index (Phi) is 3.55. The molecule has 1 aromatic heterocycles. The van der Waals surface area contributed by atoms with Crippen LogP contribution in [0.15, 0.2) is 0 Å². The standard InChI is InChI=1S/C12H22N2O/c1-9-10(6-7-15)11(13-14(9)5)8-12(2,3)4/h15H,6-8H2,1-5H3. The van der Waals surface area contributed by atoms with E-state index in [1.807, 2.05) is 11.7 Å². The van der Waals surface area contributed by atoms with Gasteiger partial charge < -0.3 is 5.11 Å². The van der Waals surface area contributed by atoms with E-state index in [-0.39, 0.29) is 12.0 Å². The first-order chi connectivity index (χ1) is 6.85. The molecule has 0 fully saturated rings. The van der Waals surface area contributed by atoms with Gasteiger partial charge in [-0.25, -0.2) is 0 Å². The van der Waals surface area contributed by atoms with Gasteiger partial charge >= 0.3 is 0 Å². The Balaban J connectivity index is 3.01. The molecule has 3 nitrogen and oxygen atoms in total. The van der Waals surface area contributed by atoms with Gasteiger partial charge in [0.15, 0.2) is 0 Å². The molecule has 0 aliphatic carbocycles. The lowest BCUT2D eigenvalue weighted by atomic mass is 9.88. The minimum absolute atomic E-state index is 0.198. The number of rotatable bonds is 3. The summed E-state index contributed by atoms with van der Waals surface area (Å²) in [6.07, 6.45) is 1.68. The fraction of sp³-hybridized carbons (Fsp3) is 0.750. The summed E-state index contributed by atoms with van der Waals surface area (Å²) in [6, 6.07) is 0. The Morgan fingerprint density at radius 3 is 2.40 bits per heavy atom. The van der Waals surface area contributed by atoms with Crippen LogP contribution in [-0.2, 0) is 19.9 Å². The van der Waals surface area contributed by atoms with Crippen molar-refractivity contribution in [1.29, 1.82) is 0 Å². The molecule has 0 atom stereocenters. The molecule has 15 heavy (non-hydrogen) atoms. The molecule has 0 bridgehead atoms. The first kappa shape index (κ1) is 12.2. The first-order valence-corrected chi connectivity index (χ1v) is 5.47. The molecule has 1 aromatic rings. The number of aliphatic hydroxyl groups is 1. The molecule has 0 saturated heterocycles. The number of aliphatic hydroxyl groups excluding tert-OH is 1. The Bertz CT molecular complexity index is 334. The second-order valence-electron chi connectivity index (χ2n) is 5.35. The lowest BCUT2D eigenvalue weighted by molar-refractivity contribution is 0.298. The van der Waals surface area contributed by atoms with Crippen LogP contribution in [0.2, 0.25) is 0 Å². The predicted octanol–water partition coefficient (Wildman–Crippen LogP) is 1.85. The maximum Gasteiger partial charge on any atom is 0.0665 e. The van der Waals surface area contributed by atoms with E-state index >= 15 is 0 Å². The Labute approximate surface area is 92.1 Å². The molecule has 0 spiro atoms. The lowest BCUT2D eigenvalue weighted by Gasteiger charge is -2.17. The van der Waals surface area contributed by atoms with Crippen molar-refractivity contribution < 1.29 is 5.11 Å². The highest BCUT2D eigenvalue weighted by molar-refractivity contribution is 5.26. The third-order valence-corrected chi connectivity index (χ3v) is 2.60. The van der Waals surface area contributed by atoms with Crippen molar-refractivity contribution in [2.75, 3.05) is 6.61 Å². The largest absolute Gasteiger partial charge is 0.396 e. The van der Waals surface area contributed by atoms with Crippen LogP contribution >= 0.6 is 0 Å². The van der Waals surface area contributed by atoms with E-state index in [2.05, 4.69) is 32.8 Å². The van der Waals surface area contributed by atoms with Gasteiger partial charge in [0.25, 0.3) is 0 Å². The summed E-state index contributed by atoms with van der Waals surface area (Å²) in [5.74, 6) is 0. The van der Waals surface area contributed by atoms with Crippen molar-refractivity contribution in [2.24, 2.45) is 12.5 Å². The lowest BCUT2D eigenvalue weighted by Crippen LogP contribution is -2.11. The molecule has 0 saturated carbocycles. The van der Waals surface area contributed by atoms with Gasteiger partial charge in [-0.1, -0.05) is 20.8 Å². The van der Waals surface area contributed by atoms with Gasteiger partial charge in [0.2, 0.25) is 0 Å². The number of nitrogens with zero attached hydrogens (tertiary/aromatic N) is 2. The van der Waals surface area contributed by atoms with Crippen molar-refractivity contribution in [2.45, 2.75) is 40.5 Å². The minimum atomic E-state index is 0.198. The van der Waals surface area contributed by atoms with Crippen LogP contribution in [0, 0.1) is 12.3 Å². The van der Waals surface area contributed by atoms with Gasteiger partial charge in [-0.2, -0.15) is 5.10 Å². The van der Waals surface area contributed by atoms with Gasteiger partial charge in [0.05, 0.1) is 5.69 Å². The van der Waals surface area contributed by atoms with E-state index < -0.39 is 0 Å². The summed E-state index contributed by atoms with van der Waals surface area (Å²) in [6.45, 7) is 8.88. The fourth-order valence-electron chi connectivity index (χ4n) is 1.80. The van der Waals surface area contributed by atoms with Gasteiger partial charge in [-0.05, 0) is 30.7 Å². The van der Waals surface area contributed by atoms with Crippen LogP contribution in [0.3, 0.4) is 0 Å². The highest BCUT2D eigenvalue weighted by atomic mass is 16.2. The van der Waals surface area contributed by atoms with E-state index in [4.69, 9.17) is 5.11 Å². The molecule has 0 amide bonds. The third-order valence-electron chi connectivity index (χ3n) is 2.60. The highest BCUT2D eigenvalue weighted by Crippen LogP contribution is 2.23. The van der Waals surface area contributed by atoms with Crippen molar-refractivity contribution in [3.8, 4) is 0 Å². The molecule has 0 aliphatic rings. The zero-order chi connectivity index (χ0) is 11.6. The molecule has 3 heteroatoms. The van der Waals surface area contributed by atoms with Crippen LogP contribution in [-0.4, -0.2) is 21.5 Å². The van der Waals surface area contributed by atoms with Gasteiger partial charge in [-0.3, -0.25) is 4.68 Å². The summed E-state index contributed by atoms with van der Waals surface area (Å²) < 4.78 is 1.91. The summed E-state index contributed by atoms with van der Waals surface area (Å²) in [4.78, 5) is 0. The van der Waals surface area contributed by atoms with E-state index in [0.717, 1.165) is 12.1 Å². The molecule has 0 aliphatic heterocycles. The molecule has 1 rings (SSSR count). The Morgan fingerprint density at radius 2 is 1.93 bits per heavy atom. The normalized spacial score (nSPS) is 12.1. The Hall–Kier alpha value is -0.830. The molecule has 0 aromatic carbocycles. The first-order valence-electron chi connectivity index (χ1n) is 5.47. The maximum absolute atomic E-state index is 9.04. The van der Waals surface area contributed by atoms with Crippen LogP contribution in [0.25, 0.3) is 0 Å². The average molecular weight is 210 g/mol. The van der Waals surface area contributed by atoms with Crippen molar-refractivity contribution in [1.82, 2.24) is 9.78 Å². The van der Waals surface area contributed by atoms with E-state index in [0.29, 0.717) is 6.42 Å². The summed E-state index contributed by atoms with van der Waals surface area (Å²) in [5, 5.41) is 13.6. The second-order valence-corrected chi connectivity index (χ2v) is 5.35. The fourth-order valence-corrected chi connectivity index (χ4v) is 1.80. The second kappa shape index (κ2) is 4.35. The van der Waals surface area contributed by atoms with Crippen LogP contribution in [0.1, 0.15) is 37.7 Å². The molecular weight excluding hydrogens is 188 g/mol. The highest BCUT2D eigenvalue weighted by Gasteiger charge is 2.18. The quantitative estimate of drug-likeness (QED) is 0.827. The number of aromatic nitrogens is 2. The number of hydrogen-bond acceptors (Lipinski definition) is 2. The topological polar surface area (TPSA) is 38.1 Å².